The molecule has 18 heavy (non-hydrogen) atoms. The van der Waals surface area contributed by atoms with E-state index in [0.717, 1.165) is 0 Å². The van der Waals surface area contributed by atoms with Gasteiger partial charge in [-0.3, -0.25) is 0 Å². The van der Waals surface area contributed by atoms with Crippen molar-refractivity contribution in [2.75, 3.05) is 6.61 Å². The quantitative estimate of drug-likeness (QED) is 0.274. The first kappa shape index (κ1) is 18.2. The van der Waals surface area contributed by atoms with Crippen molar-refractivity contribution in [3.63, 3.8) is 0 Å². The molecule has 1 fully saturated rings. The van der Waals surface area contributed by atoms with Gasteiger partial charge in [-0.2, -0.15) is 0 Å². The molecule has 100 valence electrons. The maximum Gasteiger partial charge on any atom is 1.00 e. The number of carbonyl (C=O) groups excluding carboxylic acids is 1. The molecule has 9 nitrogen and oxygen atoms in total. The van der Waals surface area contributed by atoms with Crippen molar-refractivity contribution in [3.05, 3.63) is 0 Å². The van der Waals surface area contributed by atoms with Crippen molar-refractivity contribution in [1.82, 2.24) is 0 Å². The van der Waals surface area contributed by atoms with E-state index in [-0.39, 0.29) is 29.6 Å². The van der Waals surface area contributed by atoms with Crippen LogP contribution in [-0.2, 0) is 9.53 Å². The molecule has 0 aromatic rings. The molecule has 0 bridgehead atoms. The average Bonchev–Trinajstić information content (AvgIpc) is 2.30. The predicted octanol–water partition coefficient (Wildman–Crippen LogP) is -8.74. The number of ether oxygens (including phenoxy) is 1. The van der Waals surface area contributed by atoms with Crippen LogP contribution < -0.4 is 34.7 Å². The third kappa shape index (κ3) is 3.02. The summed E-state index contributed by atoms with van der Waals surface area (Å²) in [5, 5.41) is 65.9. The first-order valence-corrected chi connectivity index (χ1v) is 4.70. The zero-order chi connectivity index (χ0) is 13.4. The smallest absolute Gasteiger partial charge is 0.544 e. The summed E-state index contributed by atoms with van der Waals surface area (Å²) in [4.78, 5) is 10.6. The Kier molecular flexibility index (Phi) is 6.64. The van der Waals surface area contributed by atoms with Gasteiger partial charge >= 0.3 is 29.6 Å². The van der Waals surface area contributed by atoms with Crippen LogP contribution in [0.25, 0.3) is 0 Å². The maximum absolute atomic E-state index is 10.6. The van der Waals surface area contributed by atoms with Crippen LogP contribution in [0.1, 0.15) is 0 Å². The van der Waals surface area contributed by atoms with Crippen LogP contribution in [0.2, 0.25) is 0 Å². The number of carboxylic acid groups (broad SMARTS) is 1. The molecular formula is C8H13NaO9. The minimum Gasteiger partial charge on any atom is -0.544 e. The second-order valence-corrected chi connectivity index (χ2v) is 3.74. The first-order chi connectivity index (χ1) is 7.75. The number of aliphatic hydroxyl groups is 6. The summed E-state index contributed by atoms with van der Waals surface area (Å²) in [5.41, 5.74) is 0. The third-order valence-corrected chi connectivity index (χ3v) is 2.59. The predicted molar refractivity (Wildman–Crippen MR) is 45.9 cm³/mol. The molecule has 0 spiro atoms. The van der Waals surface area contributed by atoms with Gasteiger partial charge in [-0.1, -0.05) is 0 Å². The van der Waals surface area contributed by atoms with Crippen LogP contribution >= 0.6 is 0 Å². The molecule has 10 heteroatoms. The summed E-state index contributed by atoms with van der Waals surface area (Å²) >= 11 is 0. The molecule has 6 atom stereocenters. The molecule has 1 saturated heterocycles. The number of hydrogen-bond donors (Lipinski definition) is 6. The van der Waals surface area contributed by atoms with Gasteiger partial charge in [0.1, 0.15) is 36.5 Å². The van der Waals surface area contributed by atoms with Crippen LogP contribution in [0, 0.1) is 0 Å². The Labute approximate surface area is 124 Å². The standard InChI is InChI=1S/C8H14O9.Na/c9-1-2(10)5-3(11)4(12)6(13)8(16,17-5)7(14)15;/h2-6,9-13,16H,1H2,(H,14,15);/q;+1/p-1/t2-,3-,4+,5-,6+,8-;/m1./s1. The minimum absolute atomic E-state index is 0. The second-order valence-electron chi connectivity index (χ2n) is 3.74. The molecule has 1 aliphatic rings. The van der Waals surface area contributed by atoms with Crippen LogP contribution in [0.3, 0.4) is 0 Å². The van der Waals surface area contributed by atoms with Crippen molar-refractivity contribution in [1.29, 1.82) is 0 Å². The van der Waals surface area contributed by atoms with E-state index >= 15 is 0 Å². The zero-order valence-corrected chi connectivity index (χ0v) is 11.5. The van der Waals surface area contributed by atoms with Gasteiger partial charge in [0.15, 0.2) is 0 Å². The Morgan fingerprint density at radius 3 is 2.22 bits per heavy atom. The maximum atomic E-state index is 10.6. The monoisotopic (exact) mass is 276 g/mol. The van der Waals surface area contributed by atoms with E-state index in [0.29, 0.717) is 0 Å². The van der Waals surface area contributed by atoms with Crippen molar-refractivity contribution >= 4 is 5.97 Å². The molecule has 0 amide bonds. The summed E-state index contributed by atoms with van der Waals surface area (Å²) in [7, 11) is 0. The van der Waals surface area contributed by atoms with E-state index < -0.39 is 48.9 Å². The number of aliphatic hydroxyl groups excluding tert-OH is 5. The molecule has 0 aliphatic carbocycles. The van der Waals surface area contributed by atoms with Gasteiger partial charge in [0.05, 0.1) is 6.61 Å². The number of carboxylic acids is 1. The molecule has 0 aromatic carbocycles. The SMILES string of the molecule is O=C([O-])[C@]1(O)O[C@H]([C@H](O)CO)[C@H](O)[C@H](O)[C@@H]1O.[Na+]. The fourth-order valence-electron chi connectivity index (χ4n) is 1.54. The summed E-state index contributed by atoms with van der Waals surface area (Å²) in [6.45, 7) is -0.909. The Balaban J connectivity index is 0.00000289. The molecule has 0 aromatic heterocycles. The Morgan fingerprint density at radius 1 is 1.33 bits per heavy atom. The molecule has 0 saturated carbocycles. The first-order valence-electron chi connectivity index (χ1n) is 4.70. The van der Waals surface area contributed by atoms with Crippen LogP contribution in [-0.4, -0.2) is 79.5 Å². The number of aliphatic carboxylic acids is 1. The molecule has 0 unspecified atom stereocenters. The van der Waals surface area contributed by atoms with E-state index in [2.05, 4.69) is 4.74 Å². The molecular weight excluding hydrogens is 263 g/mol. The molecule has 1 aliphatic heterocycles. The van der Waals surface area contributed by atoms with Gasteiger partial charge in [0, 0.05) is 0 Å². The Morgan fingerprint density at radius 2 is 1.83 bits per heavy atom. The topological polar surface area (TPSA) is 171 Å². The van der Waals surface area contributed by atoms with Crippen LogP contribution in [0.5, 0.6) is 0 Å². The number of hydrogen-bond acceptors (Lipinski definition) is 9. The van der Waals surface area contributed by atoms with Crippen molar-refractivity contribution in [2.24, 2.45) is 0 Å². The van der Waals surface area contributed by atoms with Crippen molar-refractivity contribution < 1.29 is 74.8 Å². The zero-order valence-electron chi connectivity index (χ0n) is 9.50. The van der Waals surface area contributed by atoms with Gasteiger partial charge in [-0.15, -0.1) is 0 Å². The van der Waals surface area contributed by atoms with Gasteiger partial charge in [0.25, 0.3) is 0 Å². The second kappa shape index (κ2) is 6.57. The van der Waals surface area contributed by atoms with E-state index in [1.165, 1.54) is 0 Å². The average molecular weight is 276 g/mol. The molecule has 6 N–H and O–H groups in total. The molecule has 0 radical (unpaired) electrons. The van der Waals surface area contributed by atoms with E-state index in [4.69, 9.17) is 5.11 Å². The number of rotatable bonds is 3. The summed E-state index contributed by atoms with van der Waals surface area (Å²) in [5.74, 6) is -5.52. The summed E-state index contributed by atoms with van der Waals surface area (Å²) in [6.07, 6.45) is -9.87. The number of carbonyl (C=O) groups is 1. The largest absolute Gasteiger partial charge is 1.00 e. The molecule has 1 rings (SSSR count). The minimum atomic E-state index is -3.28. The van der Waals surface area contributed by atoms with Gasteiger partial charge in [0.2, 0.25) is 5.79 Å². The van der Waals surface area contributed by atoms with Gasteiger partial charge < -0.3 is 45.3 Å². The van der Waals surface area contributed by atoms with E-state index in [1.807, 2.05) is 0 Å². The van der Waals surface area contributed by atoms with Crippen molar-refractivity contribution in [3.8, 4) is 0 Å². The fourth-order valence-corrected chi connectivity index (χ4v) is 1.54. The Hall–Kier alpha value is 0.190. The van der Waals surface area contributed by atoms with Gasteiger partial charge in [-0.25, -0.2) is 0 Å². The van der Waals surface area contributed by atoms with E-state index in [9.17, 15) is 35.4 Å². The normalized spacial score (nSPS) is 41.9. The van der Waals surface area contributed by atoms with Gasteiger partial charge in [-0.05, 0) is 0 Å². The van der Waals surface area contributed by atoms with Crippen LogP contribution in [0.15, 0.2) is 0 Å². The van der Waals surface area contributed by atoms with Crippen molar-refractivity contribution in [2.45, 2.75) is 36.3 Å². The van der Waals surface area contributed by atoms with E-state index in [1.54, 1.807) is 0 Å². The Bertz CT molecular complexity index is 300. The summed E-state index contributed by atoms with van der Waals surface area (Å²) < 4.78 is 4.41. The van der Waals surface area contributed by atoms with Crippen LogP contribution in [0.4, 0.5) is 0 Å². The summed E-state index contributed by atoms with van der Waals surface area (Å²) in [6, 6.07) is 0. The fraction of sp³-hybridized carbons (Fsp3) is 0.875. The molecule has 1 heterocycles. The third-order valence-electron chi connectivity index (χ3n) is 2.59.